The Morgan fingerprint density at radius 2 is 2.33 bits per heavy atom. The first-order valence-electron chi connectivity index (χ1n) is 3.18. The van der Waals surface area contributed by atoms with Crippen LogP contribution in [0.3, 0.4) is 0 Å². The zero-order valence-corrected chi connectivity index (χ0v) is 5.93. The highest BCUT2D eigenvalue weighted by Gasteiger charge is 1.84. The smallest absolute Gasteiger partial charge is 0.0614 e. The molecular weight excluding hydrogens is 112 g/mol. The van der Waals surface area contributed by atoms with E-state index in [1.54, 1.807) is 0 Å². The fourth-order valence-corrected chi connectivity index (χ4v) is 0.588. The molecule has 1 heteroatoms. The molecule has 0 atom stereocenters. The number of aliphatic hydroxyl groups is 1. The van der Waals surface area contributed by atoms with E-state index in [4.69, 9.17) is 5.11 Å². The van der Waals surface area contributed by atoms with Gasteiger partial charge in [0.25, 0.3) is 0 Å². The second-order valence-corrected chi connectivity index (χ2v) is 2.06. The Hall–Kier alpha value is -0.560. The van der Waals surface area contributed by atoms with Crippen molar-refractivity contribution in [1.29, 1.82) is 0 Å². The zero-order valence-electron chi connectivity index (χ0n) is 5.93. The summed E-state index contributed by atoms with van der Waals surface area (Å²) in [5, 5.41) is 8.43. The molecule has 0 aromatic heterocycles. The van der Waals surface area contributed by atoms with Gasteiger partial charge in [0, 0.05) is 0 Å². The standard InChI is InChI=1S/C8H14O/c1-3-4-5-8(2)6-7-9/h3,6,9H,1,4-5,7H2,2H3/b8-6+. The third-order valence-electron chi connectivity index (χ3n) is 1.18. The lowest BCUT2D eigenvalue weighted by Crippen LogP contribution is -1.79. The normalized spacial score (nSPS) is 11.6. The Morgan fingerprint density at radius 3 is 2.78 bits per heavy atom. The first-order chi connectivity index (χ1) is 4.31. The molecule has 0 spiro atoms. The number of hydrogen-bond acceptors (Lipinski definition) is 1. The van der Waals surface area contributed by atoms with Gasteiger partial charge in [-0.05, 0) is 19.8 Å². The van der Waals surface area contributed by atoms with Crippen molar-refractivity contribution in [3.05, 3.63) is 24.3 Å². The average Bonchev–Trinajstić information content (AvgIpc) is 1.85. The van der Waals surface area contributed by atoms with Crippen LogP contribution in [0.1, 0.15) is 19.8 Å². The van der Waals surface area contributed by atoms with Crippen molar-refractivity contribution in [2.75, 3.05) is 6.61 Å². The van der Waals surface area contributed by atoms with Crippen molar-refractivity contribution < 1.29 is 5.11 Å². The predicted molar refractivity (Wildman–Crippen MR) is 40.3 cm³/mol. The van der Waals surface area contributed by atoms with Crippen LogP contribution in [0.15, 0.2) is 24.3 Å². The SMILES string of the molecule is C=CCC/C(C)=C/CO. The predicted octanol–water partition coefficient (Wildman–Crippen LogP) is 1.89. The van der Waals surface area contributed by atoms with E-state index in [1.807, 2.05) is 19.1 Å². The molecule has 0 amide bonds. The van der Waals surface area contributed by atoms with Gasteiger partial charge < -0.3 is 5.11 Å². The van der Waals surface area contributed by atoms with Gasteiger partial charge in [-0.1, -0.05) is 17.7 Å². The van der Waals surface area contributed by atoms with Gasteiger partial charge in [-0.2, -0.15) is 0 Å². The summed E-state index contributed by atoms with van der Waals surface area (Å²) >= 11 is 0. The molecule has 9 heavy (non-hydrogen) atoms. The number of aliphatic hydroxyl groups excluding tert-OH is 1. The molecule has 0 rings (SSSR count). The second kappa shape index (κ2) is 5.57. The van der Waals surface area contributed by atoms with Crippen LogP contribution in [0, 0.1) is 0 Å². The maximum atomic E-state index is 8.43. The van der Waals surface area contributed by atoms with Crippen LogP contribution < -0.4 is 0 Å². The summed E-state index contributed by atoms with van der Waals surface area (Å²) < 4.78 is 0. The van der Waals surface area contributed by atoms with Crippen molar-refractivity contribution in [1.82, 2.24) is 0 Å². The summed E-state index contributed by atoms with van der Waals surface area (Å²) in [6, 6.07) is 0. The topological polar surface area (TPSA) is 20.2 Å². The van der Waals surface area contributed by atoms with Crippen LogP contribution in [-0.4, -0.2) is 11.7 Å². The fraction of sp³-hybridized carbons (Fsp3) is 0.500. The Kier molecular flexibility index (Phi) is 5.23. The van der Waals surface area contributed by atoms with Gasteiger partial charge in [0.2, 0.25) is 0 Å². The highest BCUT2D eigenvalue weighted by molar-refractivity contribution is 4.98. The van der Waals surface area contributed by atoms with Crippen molar-refractivity contribution in [2.24, 2.45) is 0 Å². The second-order valence-electron chi connectivity index (χ2n) is 2.06. The van der Waals surface area contributed by atoms with Gasteiger partial charge in [0.05, 0.1) is 6.61 Å². The van der Waals surface area contributed by atoms with Crippen LogP contribution in [0.4, 0.5) is 0 Å². The molecule has 0 fully saturated rings. The molecule has 0 radical (unpaired) electrons. The van der Waals surface area contributed by atoms with Crippen molar-refractivity contribution in [2.45, 2.75) is 19.8 Å². The third-order valence-corrected chi connectivity index (χ3v) is 1.18. The van der Waals surface area contributed by atoms with Gasteiger partial charge in [0.15, 0.2) is 0 Å². The highest BCUT2D eigenvalue weighted by Crippen LogP contribution is 2.02. The Labute approximate surface area is 56.7 Å². The van der Waals surface area contributed by atoms with E-state index in [1.165, 1.54) is 5.57 Å². The van der Waals surface area contributed by atoms with Gasteiger partial charge in [-0.15, -0.1) is 6.58 Å². The molecule has 1 N–H and O–H groups in total. The van der Waals surface area contributed by atoms with E-state index < -0.39 is 0 Å². The highest BCUT2D eigenvalue weighted by atomic mass is 16.2. The molecule has 0 aliphatic rings. The third kappa shape index (κ3) is 5.31. The Balaban J connectivity index is 3.36. The molecule has 0 aromatic carbocycles. The molecule has 0 heterocycles. The summed E-state index contributed by atoms with van der Waals surface area (Å²) in [5.41, 5.74) is 1.23. The maximum Gasteiger partial charge on any atom is 0.0614 e. The minimum absolute atomic E-state index is 0.156. The summed E-state index contributed by atoms with van der Waals surface area (Å²) in [6.45, 7) is 5.77. The molecule has 0 aliphatic carbocycles. The van der Waals surface area contributed by atoms with Gasteiger partial charge in [-0.25, -0.2) is 0 Å². The van der Waals surface area contributed by atoms with Crippen LogP contribution in [0.5, 0.6) is 0 Å². The van der Waals surface area contributed by atoms with Crippen LogP contribution >= 0.6 is 0 Å². The van der Waals surface area contributed by atoms with E-state index in [0.29, 0.717) is 0 Å². The molecule has 0 aromatic rings. The fourth-order valence-electron chi connectivity index (χ4n) is 0.588. The monoisotopic (exact) mass is 126 g/mol. The van der Waals surface area contributed by atoms with Gasteiger partial charge in [0.1, 0.15) is 0 Å². The summed E-state index contributed by atoms with van der Waals surface area (Å²) in [7, 11) is 0. The van der Waals surface area contributed by atoms with E-state index in [-0.39, 0.29) is 6.61 Å². The van der Waals surface area contributed by atoms with E-state index in [9.17, 15) is 0 Å². The minimum atomic E-state index is 0.156. The van der Waals surface area contributed by atoms with Crippen molar-refractivity contribution in [3.63, 3.8) is 0 Å². The lowest BCUT2D eigenvalue weighted by atomic mass is 10.1. The van der Waals surface area contributed by atoms with Gasteiger partial charge >= 0.3 is 0 Å². The summed E-state index contributed by atoms with van der Waals surface area (Å²) in [5.74, 6) is 0. The molecule has 0 saturated carbocycles. The van der Waals surface area contributed by atoms with Gasteiger partial charge in [-0.3, -0.25) is 0 Å². The summed E-state index contributed by atoms with van der Waals surface area (Å²) in [4.78, 5) is 0. The first-order valence-corrected chi connectivity index (χ1v) is 3.18. The zero-order chi connectivity index (χ0) is 7.11. The summed E-state index contributed by atoms with van der Waals surface area (Å²) in [6.07, 6.45) is 5.73. The Bertz CT molecular complexity index is 103. The average molecular weight is 126 g/mol. The molecular formula is C8H14O. The quantitative estimate of drug-likeness (QED) is 0.570. The van der Waals surface area contributed by atoms with Crippen LogP contribution in [0.25, 0.3) is 0 Å². The van der Waals surface area contributed by atoms with Crippen LogP contribution in [-0.2, 0) is 0 Å². The number of allylic oxidation sites excluding steroid dienone is 2. The van der Waals surface area contributed by atoms with Crippen molar-refractivity contribution in [3.8, 4) is 0 Å². The molecule has 0 saturated heterocycles. The number of hydrogen-bond donors (Lipinski definition) is 1. The maximum absolute atomic E-state index is 8.43. The minimum Gasteiger partial charge on any atom is -0.392 e. The molecule has 1 nitrogen and oxygen atoms in total. The van der Waals surface area contributed by atoms with E-state index in [2.05, 4.69) is 6.58 Å². The largest absolute Gasteiger partial charge is 0.392 e. The molecule has 0 unspecified atom stereocenters. The first kappa shape index (κ1) is 8.44. The Morgan fingerprint density at radius 1 is 1.67 bits per heavy atom. The van der Waals surface area contributed by atoms with E-state index >= 15 is 0 Å². The molecule has 0 aliphatic heterocycles. The van der Waals surface area contributed by atoms with E-state index in [0.717, 1.165) is 12.8 Å². The van der Waals surface area contributed by atoms with Crippen LogP contribution in [0.2, 0.25) is 0 Å². The van der Waals surface area contributed by atoms with Crippen molar-refractivity contribution >= 4 is 0 Å². The molecule has 52 valence electrons. The lowest BCUT2D eigenvalue weighted by Gasteiger charge is -1.94. The lowest BCUT2D eigenvalue weighted by molar-refractivity contribution is 0.341. The number of rotatable bonds is 4. The molecule has 0 bridgehead atoms.